The van der Waals surface area contributed by atoms with E-state index < -0.39 is 6.23 Å². The van der Waals surface area contributed by atoms with Crippen LogP contribution >= 0.6 is 0 Å². The smallest absolute Gasteiger partial charge is 0.109 e. The summed E-state index contributed by atoms with van der Waals surface area (Å²) in [6, 6.07) is 10.2. The molecule has 1 aromatic rings. The van der Waals surface area contributed by atoms with Crippen molar-refractivity contribution in [1.82, 2.24) is 0 Å². The van der Waals surface area contributed by atoms with Gasteiger partial charge < -0.3 is 10.8 Å². The Morgan fingerprint density at radius 2 is 1.21 bits per heavy atom. The Balaban J connectivity index is 1.99. The maximum Gasteiger partial charge on any atom is 0.109 e. The first kappa shape index (κ1) is 21.2. The average Bonchev–Trinajstić information content (AvgIpc) is 2.59. The van der Waals surface area contributed by atoms with Crippen LogP contribution in [0, 0.1) is 0 Å². The molecular formula is C22H39NO. The van der Waals surface area contributed by atoms with Gasteiger partial charge in [0.25, 0.3) is 0 Å². The topological polar surface area (TPSA) is 46.2 Å². The lowest BCUT2D eigenvalue weighted by molar-refractivity contribution is 0.144. The van der Waals surface area contributed by atoms with Crippen molar-refractivity contribution < 1.29 is 5.11 Å². The molecule has 0 aliphatic rings. The summed E-state index contributed by atoms with van der Waals surface area (Å²) in [7, 11) is 0. The van der Waals surface area contributed by atoms with Gasteiger partial charge >= 0.3 is 0 Å². The second-order valence-corrected chi connectivity index (χ2v) is 7.19. The van der Waals surface area contributed by atoms with Gasteiger partial charge in [-0.05, 0) is 12.0 Å². The summed E-state index contributed by atoms with van der Waals surface area (Å²) in [6.07, 6.45) is 16.5. The maximum atomic E-state index is 9.82. The predicted molar refractivity (Wildman–Crippen MR) is 105 cm³/mol. The molecular weight excluding hydrogens is 294 g/mol. The molecule has 2 heteroatoms. The molecule has 0 amide bonds. The Morgan fingerprint density at radius 3 is 1.67 bits per heavy atom. The standard InChI is InChI=1S/C22H39NO/c1-2-3-4-5-6-7-8-9-10-11-12-16-19-21(22(23)24)20-17-14-13-15-18-20/h13-15,17-18,21-22,24H,2-12,16,19,23H2,1H3. The molecule has 0 bridgehead atoms. The molecule has 0 aliphatic heterocycles. The van der Waals surface area contributed by atoms with Crippen LogP contribution in [0.4, 0.5) is 0 Å². The third kappa shape index (κ3) is 10.1. The van der Waals surface area contributed by atoms with Crippen LogP contribution in [-0.2, 0) is 0 Å². The number of hydrogen-bond donors (Lipinski definition) is 2. The quantitative estimate of drug-likeness (QED) is 0.299. The predicted octanol–water partition coefficient (Wildman–Crippen LogP) is 6.14. The zero-order chi connectivity index (χ0) is 17.5. The van der Waals surface area contributed by atoms with Crippen LogP contribution in [0.25, 0.3) is 0 Å². The summed E-state index contributed by atoms with van der Waals surface area (Å²) in [5.41, 5.74) is 6.93. The highest BCUT2D eigenvalue weighted by Crippen LogP contribution is 2.24. The van der Waals surface area contributed by atoms with Gasteiger partial charge in [0.05, 0.1) is 0 Å². The van der Waals surface area contributed by atoms with E-state index in [0.717, 1.165) is 18.4 Å². The Bertz CT molecular complexity index is 377. The minimum Gasteiger partial charge on any atom is -0.378 e. The van der Waals surface area contributed by atoms with Crippen molar-refractivity contribution in [3.8, 4) is 0 Å². The lowest BCUT2D eigenvalue weighted by Gasteiger charge is -2.20. The van der Waals surface area contributed by atoms with Gasteiger partial charge in [-0.1, -0.05) is 114 Å². The summed E-state index contributed by atoms with van der Waals surface area (Å²) in [5, 5.41) is 9.82. The van der Waals surface area contributed by atoms with Gasteiger partial charge in [0, 0.05) is 5.92 Å². The van der Waals surface area contributed by atoms with E-state index in [-0.39, 0.29) is 5.92 Å². The van der Waals surface area contributed by atoms with Crippen LogP contribution < -0.4 is 5.73 Å². The van der Waals surface area contributed by atoms with Gasteiger partial charge in [-0.25, -0.2) is 0 Å². The Labute approximate surface area is 149 Å². The summed E-state index contributed by atoms with van der Waals surface area (Å²) in [6.45, 7) is 2.27. The highest BCUT2D eigenvalue weighted by molar-refractivity contribution is 5.20. The van der Waals surface area contributed by atoms with E-state index in [1.807, 2.05) is 18.2 Å². The number of rotatable bonds is 15. The summed E-state index contributed by atoms with van der Waals surface area (Å²) in [4.78, 5) is 0. The van der Waals surface area contributed by atoms with Crippen LogP contribution in [0.2, 0.25) is 0 Å². The molecule has 0 fully saturated rings. The van der Waals surface area contributed by atoms with Crippen molar-refractivity contribution in [2.24, 2.45) is 5.73 Å². The first-order chi connectivity index (χ1) is 11.8. The van der Waals surface area contributed by atoms with E-state index in [1.165, 1.54) is 70.6 Å². The molecule has 138 valence electrons. The summed E-state index contributed by atoms with van der Waals surface area (Å²) >= 11 is 0. The molecule has 1 aromatic carbocycles. The SMILES string of the molecule is CCCCCCCCCCCCCCC(c1ccccc1)C(N)O. The number of nitrogens with two attached hydrogens (primary N) is 1. The van der Waals surface area contributed by atoms with Crippen molar-refractivity contribution in [1.29, 1.82) is 0 Å². The van der Waals surface area contributed by atoms with Crippen molar-refractivity contribution in [3.05, 3.63) is 35.9 Å². The number of unbranched alkanes of at least 4 members (excludes halogenated alkanes) is 11. The van der Waals surface area contributed by atoms with E-state index in [2.05, 4.69) is 19.1 Å². The molecule has 2 unspecified atom stereocenters. The van der Waals surface area contributed by atoms with E-state index in [1.54, 1.807) is 0 Å². The van der Waals surface area contributed by atoms with Gasteiger partial charge in [-0.15, -0.1) is 0 Å². The zero-order valence-electron chi connectivity index (χ0n) is 15.8. The van der Waals surface area contributed by atoms with Crippen LogP contribution in [0.5, 0.6) is 0 Å². The largest absolute Gasteiger partial charge is 0.378 e. The molecule has 0 saturated heterocycles. The van der Waals surface area contributed by atoms with E-state index in [9.17, 15) is 5.11 Å². The lowest BCUT2D eigenvalue weighted by Crippen LogP contribution is -2.27. The summed E-state index contributed by atoms with van der Waals surface area (Å²) < 4.78 is 0. The lowest BCUT2D eigenvalue weighted by atomic mass is 9.91. The van der Waals surface area contributed by atoms with Crippen LogP contribution in [0.15, 0.2) is 30.3 Å². The van der Waals surface area contributed by atoms with Gasteiger partial charge in [-0.3, -0.25) is 0 Å². The molecule has 3 N–H and O–H groups in total. The third-order valence-electron chi connectivity index (χ3n) is 5.01. The van der Waals surface area contributed by atoms with Crippen LogP contribution in [-0.4, -0.2) is 11.3 Å². The molecule has 2 nitrogen and oxygen atoms in total. The van der Waals surface area contributed by atoms with Crippen molar-refractivity contribution in [2.45, 2.75) is 103 Å². The number of benzene rings is 1. The molecule has 2 atom stereocenters. The maximum absolute atomic E-state index is 9.82. The van der Waals surface area contributed by atoms with Crippen LogP contribution in [0.1, 0.15) is 102 Å². The van der Waals surface area contributed by atoms with Gasteiger partial charge in [0.2, 0.25) is 0 Å². The van der Waals surface area contributed by atoms with Crippen molar-refractivity contribution >= 4 is 0 Å². The fourth-order valence-corrected chi connectivity index (χ4v) is 3.44. The average molecular weight is 334 g/mol. The molecule has 1 rings (SSSR count). The van der Waals surface area contributed by atoms with Crippen molar-refractivity contribution in [2.75, 3.05) is 0 Å². The minimum absolute atomic E-state index is 0.0781. The fourth-order valence-electron chi connectivity index (χ4n) is 3.44. The molecule has 0 aliphatic carbocycles. The Kier molecular flexibility index (Phi) is 12.8. The first-order valence-electron chi connectivity index (χ1n) is 10.2. The second kappa shape index (κ2) is 14.5. The van der Waals surface area contributed by atoms with E-state index in [4.69, 9.17) is 5.73 Å². The number of hydrogen-bond acceptors (Lipinski definition) is 2. The monoisotopic (exact) mass is 333 g/mol. The van der Waals surface area contributed by atoms with Crippen molar-refractivity contribution in [3.63, 3.8) is 0 Å². The Hall–Kier alpha value is -0.860. The second-order valence-electron chi connectivity index (χ2n) is 7.19. The number of aliphatic hydroxyl groups excluding tert-OH is 1. The molecule has 24 heavy (non-hydrogen) atoms. The highest BCUT2D eigenvalue weighted by atomic mass is 16.3. The highest BCUT2D eigenvalue weighted by Gasteiger charge is 2.16. The van der Waals surface area contributed by atoms with Crippen LogP contribution in [0.3, 0.4) is 0 Å². The van der Waals surface area contributed by atoms with Gasteiger partial charge in [0.15, 0.2) is 0 Å². The Morgan fingerprint density at radius 1 is 0.750 bits per heavy atom. The molecule has 0 heterocycles. The molecule has 0 saturated carbocycles. The first-order valence-corrected chi connectivity index (χ1v) is 10.2. The molecule has 0 radical (unpaired) electrons. The van der Waals surface area contributed by atoms with E-state index in [0.29, 0.717) is 0 Å². The minimum atomic E-state index is -0.750. The van der Waals surface area contributed by atoms with Gasteiger partial charge in [0.1, 0.15) is 6.23 Å². The molecule has 0 aromatic heterocycles. The fraction of sp³-hybridized carbons (Fsp3) is 0.727. The number of aliphatic hydroxyl groups is 1. The van der Waals surface area contributed by atoms with E-state index >= 15 is 0 Å². The normalized spacial score (nSPS) is 13.8. The third-order valence-corrected chi connectivity index (χ3v) is 5.01. The van der Waals surface area contributed by atoms with Gasteiger partial charge in [-0.2, -0.15) is 0 Å². The zero-order valence-corrected chi connectivity index (χ0v) is 15.8. The molecule has 0 spiro atoms. The summed E-state index contributed by atoms with van der Waals surface area (Å²) in [5.74, 6) is 0.0781.